The van der Waals surface area contributed by atoms with Crippen LogP contribution in [-0.2, 0) is 14.2 Å². The van der Waals surface area contributed by atoms with Crippen molar-refractivity contribution in [3.63, 3.8) is 0 Å². The third-order valence-corrected chi connectivity index (χ3v) is 3.90. The molecule has 3 aliphatic heterocycles. The Hall–Kier alpha value is -0.880. The van der Waals surface area contributed by atoms with Crippen molar-refractivity contribution in [3.8, 4) is 0 Å². The lowest BCUT2D eigenvalue weighted by molar-refractivity contribution is 0.0534. The Bertz CT molecular complexity index is 429. The number of epoxide rings is 2. The fourth-order valence-corrected chi connectivity index (χ4v) is 2.81. The van der Waals surface area contributed by atoms with Crippen LogP contribution in [0.25, 0.3) is 0 Å². The van der Waals surface area contributed by atoms with Gasteiger partial charge in [0.2, 0.25) is 0 Å². The molecule has 0 spiro atoms. The molecule has 17 heavy (non-hydrogen) atoms. The van der Waals surface area contributed by atoms with Gasteiger partial charge in [-0.05, 0) is 12.2 Å². The monoisotopic (exact) mass is 238 g/mol. The average Bonchev–Trinajstić information content (AvgIpc) is 3.16. The van der Waals surface area contributed by atoms with Gasteiger partial charge in [0.05, 0.1) is 13.2 Å². The fourth-order valence-electron chi connectivity index (χ4n) is 2.81. The predicted molar refractivity (Wildman–Crippen MR) is 56.5 cm³/mol. The summed E-state index contributed by atoms with van der Waals surface area (Å²) in [5.41, 5.74) is -0.261. The Morgan fingerprint density at radius 3 is 2.94 bits per heavy atom. The Balaban J connectivity index is 1.70. The summed E-state index contributed by atoms with van der Waals surface area (Å²) in [6.45, 7) is 1.02. The molecule has 5 unspecified atom stereocenters. The van der Waals surface area contributed by atoms with Crippen LogP contribution in [0.3, 0.4) is 0 Å². The van der Waals surface area contributed by atoms with Gasteiger partial charge in [0.1, 0.15) is 35.8 Å². The summed E-state index contributed by atoms with van der Waals surface area (Å²) in [7, 11) is 0. The molecule has 4 aliphatic rings. The molecule has 2 bridgehead atoms. The van der Waals surface area contributed by atoms with Crippen LogP contribution in [0.15, 0.2) is 23.5 Å². The summed E-state index contributed by atoms with van der Waals surface area (Å²) in [4.78, 5) is 0. The van der Waals surface area contributed by atoms with Gasteiger partial charge in [-0.15, -0.1) is 0 Å². The van der Waals surface area contributed by atoms with Crippen LogP contribution in [0.1, 0.15) is 6.42 Å². The first-order valence-corrected chi connectivity index (χ1v) is 5.90. The number of allylic oxidation sites excluding steroid dienone is 1. The highest BCUT2D eigenvalue weighted by Gasteiger charge is 2.57. The fraction of sp³-hybridized carbons (Fsp3) is 0.667. The second kappa shape index (κ2) is 3.11. The van der Waals surface area contributed by atoms with E-state index in [-0.39, 0.29) is 30.2 Å². The molecule has 0 radical (unpaired) electrons. The standard InChI is InChI=1S/C12H14O5/c13-7-1-2-12(14)3-6(7)10-8(16-10)4-15-5-9-11(12)17-9/h1-2,8-11,13-14H,3-5H2. The van der Waals surface area contributed by atoms with E-state index < -0.39 is 5.60 Å². The van der Waals surface area contributed by atoms with Crippen molar-refractivity contribution in [1.82, 2.24) is 0 Å². The SMILES string of the molecule is OC1=C2CC(O)(C=C1)C1OC1COCC1OC21. The highest BCUT2D eigenvalue weighted by atomic mass is 16.6. The molecule has 3 heterocycles. The minimum atomic E-state index is -1.02. The summed E-state index contributed by atoms with van der Waals surface area (Å²) < 4.78 is 16.4. The summed E-state index contributed by atoms with van der Waals surface area (Å²) >= 11 is 0. The first-order chi connectivity index (χ1) is 8.17. The maximum Gasteiger partial charge on any atom is 0.119 e. The maximum absolute atomic E-state index is 10.5. The van der Waals surface area contributed by atoms with E-state index in [1.165, 1.54) is 0 Å². The van der Waals surface area contributed by atoms with E-state index in [0.717, 1.165) is 5.57 Å². The molecular formula is C12H14O5. The Morgan fingerprint density at radius 2 is 2.06 bits per heavy atom. The molecule has 5 nitrogen and oxygen atoms in total. The molecule has 0 aromatic heterocycles. The van der Waals surface area contributed by atoms with Crippen molar-refractivity contribution in [2.75, 3.05) is 13.2 Å². The Morgan fingerprint density at radius 1 is 1.24 bits per heavy atom. The van der Waals surface area contributed by atoms with Gasteiger partial charge in [0.25, 0.3) is 0 Å². The van der Waals surface area contributed by atoms with E-state index in [0.29, 0.717) is 19.6 Å². The second-order valence-electron chi connectivity index (χ2n) is 5.14. The third-order valence-electron chi connectivity index (χ3n) is 3.90. The average molecular weight is 238 g/mol. The van der Waals surface area contributed by atoms with E-state index >= 15 is 0 Å². The normalized spacial score (nSPS) is 51.6. The topological polar surface area (TPSA) is 74.8 Å². The molecule has 3 fully saturated rings. The first kappa shape index (κ1) is 10.1. The van der Waals surface area contributed by atoms with Crippen molar-refractivity contribution < 1.29 is 24.4 Å². The lowest BCUT2D eigenvalue weighted by Crippen LogP contribution is -2.38. The summed E-state index contributed by atoms with van der Waals surface area (Å²) in [6, 6.07) is 0. The van der Waals surface area contributed by atoms with Gasteiger partial charge >= 0.3 is 0 Å². The summed E-state index contributed by atoms with van der Waals surface area (Å²) in [6.07, 6.45) is 3.20. The maximum atomic E-state index is 10.5. The van der Waals surface area contributed by atoms with Crippen LogP contribution in [0.2, 0.25) is 0 Å². The van der Waals surface area contributed by atoms with Gasteiger partial charge in [0, 0.05) is 12.0 Å². The van der Waals surface area contributed by atoms with E-state index in [9.17, 15) is 10.2 Å². The summed E-state index contributed by atoms with van der Waals surface area (Å²) in [5, 5.41) is 20.4. The number of aliphatic hydroxyl groups excluding tert-OH is 1. The molecule has 2 N–H and O–H groups in total. The second-order valence-corrected chi connectivity index (χ2v) is 5.14. The predicted octanol–water partition coefficient (Wildman–Crippen LogP) is 0.0545. The smallest absolute Gasteiger partial charge is 0.119 e. The zero-order valence-electron chi connectivity index (χ0n) is 9.20. The van der Waals surface area contributed by atoms with Gasteiger partial charge in [-0.1, -0.05) is 0 Å². The largest absolute Gasteiger partial charge is 0.508 e. The molecule has 3 saturated heterocycles. The molecule has 0 saturated carbocycles. The van der Waals surface area contributed by atoms with Crippen molar-refractivity contribution in [2.24, 2.45) is 0 Å². The quantitative estimate of drug-likeness (QED) is 0.583. The molecule has 5 heteroatoms. The molecule has 92 valence electrons. The van der Waals surface area contributed by atoms with Crippen molar-refractivity contribution >= 4 is 0 Å². The van der Waals surface area contributed by atoms with Crippen LogP contribution >= 0.6 is 0 Å². The van der Waals surface area contributed by atoms with Gasteiger partial charge < -0.3 is 24.4 Å². The minimum Gasteiger partial charge on any atom is -0.508 e. The van der Waals surface area contributed by atoms with Crippen LogP contribution in [0.5, 0.6) is 0 Å². The number of hydrogen-bond acceptors (Lipinski definition) is 5. The van der Waals surface area contributed by atoms with E-state index in [1.54, 1.807) is 12.2 Å². The lowest BCUT2D eigenvalue weighted by Gasteiger charge is -2.28. The number of hydrogen-bond donors (Lipinski definition) is 2. The van der Waals surface area contributed by atoms with E-state index in [4.69, 9.17) is 14.2 Å². The lowest BCUT2D eigenvalue weighted by atomic mass is 9.83. The van der Waals surface area contributed by atoms with Crippen molar-refractivity contribution in [1.29, 1.82) is 0 Å². The molecular weight excluding hydrogens is 224 g/mol. The Kier molecular flexibility index (Phi) is 1.85. The number of aliphatic hydroxyl groups is 2. The van der Waals surface area contributed by atoms with Crippen LogP contribution in [0, 0.1) is 0 Å². The number of fused-ring (bicyclic) bond motifs is 6. The highest BCUT2D eigenvalue weighted by molar-refractivity contribution is 5.37. The molecule has 0 aromatic carbocycles. The minimum absolute atomic E-state index is 0.0122. The van der Waals surface area contributed by atoms with Crippen LogP contribution in [-0.4, -0.2) is 53.4 Å². The van der Waals surface area contributed by atoms with Crippen LogP contribution in [0.4, 0.5) is 0 Å². The molecule has 5 atom stereocenters. The summed E-state index contributed by atoms with van der Waals surface area (Å²) in [5.74, 6) is 0.208. The Labute approximate surface area is 98.3 Å². The first-order valence-electron chi connectivity index (χ1n) is 5.90. The van der Waals surface area contributed by atoms with Gasteiger partial charge in [-0.2, -0.15) is 0 Å². The number of ether oxygens (including phenoxy) is 3. The van der Waals surface area contributed by atoms with Gasteiger partial charge in [-0.25, -0.2) is 0 Å². The number of rotatable bonds is 0. The highest BCUT2D eigenvalue weighted by Crippen LogP contribution is 2.45. The van der Waals surface area contributed by atoms with Gasteiger partial charge in [-0.3, -0.25) is 0 Å². The molecule has 0 amide bonds. The van der Waals surface area contributed by atoms with Gasteiger partial charge in [0.15, 0.2) is 0 Å². The van der Waals surface area contributed by atoms with Crippen molar-refractivity contribution in [3.05, 3.63) is 23.5 Å². The molecule has 4 rings (SSSR count). The molecule has 0 aromatic rings. The van der Waals surface area contributed by atoms with Crippen molar-refractivity contribution in [2.45, 2.75) is 36.4 Å². The van der Waals surface area contributed by atoms with Crippen LogP contribution < -0.4 is 0 Å². The van der Waals surface area contributed by atoms with E-state index in [2.05, 4.69) is 0 Å². The zero-order valence-corrected chi connectivity index (χ0v) is 9.20. The molecule has 1 aliphatic carbocycles. The zero-order chi connectivity index (χ0) is 11.6. The third kappa shape index (κ3) is 1.47. The van der Waals surface area contributed by atoms with E-state index in [1.807, 2.05) is 0 Å².